The van der Waals surface area contributed by atoms with Crippen LogP contribution in [0.5, 0.6) is 0 Å². The average molecular weight is 252 g/mol. The van der Waals surface area contributed by atoms with Gasteiger partial charge in [-0.1, -0.05) is 11.6 Å². The summed E-state index contributed by atoms with van der Waals surface area (Å²) in [7, 11) is 0. The van der Waals surface area contributed by atoms with Crippen molar-refractivity contribution in [1.29, 1.82) is 5.26 Å². The highest BCUT2D eigenvalue weighted by Gasteiger charge is 2.15. The van der Waals surface area contributed by atoms with E-state index in [2.05, 4.69) is 15.9 Å². The number of rotatable bonds is 0. The van der Waals surface area contributed by atoms with Gasteiger partial charge in [0.2, 0.25) is 0 Å². The number of nitrogens with zero attached hydrogens (tertiary/aromatic N) is 1. The zero-order chi connectivity index (χ0) is 9.30. The van der Waals surface area contributed by atoms with Gasteiger partial charge in [-0.2, -0.15) is 5.26 Å². The Kier molecular flexibility index (Phi) is 2.65. The third kappa shape index (κ3) is 1.43. The van der Waals surface area contributed by atoms with E-state index in [1.165, 1.54) is 6.07 Å². The molecule has 0 aliphatic carbocycles. The van der Waals surface area contributed by atoms with Crippen LogP contribution in [0.3, 0.4) is 0 Å². The quantitative estimate of drug-likeness (QED) is 0.513. The van der Waals surface area contributed by atoms with Crippen LogP contribution < -0.4 is 0 Å². The van der Waals surface area contributed by atoms with Gasteiger partial charge in [0.25, 0.3) is 0 Å². The van der Waals surface area contributed by atoms with Crippen molar-refractivity contribution >= 4 is 27.5 Å². The van der Waals surface area contributed by atoms with Crippen molar-refractivity contribution in [3.05, 3.63) is 32.8 Å². The molecule has 1 aromatic rings. The average Bonchev–Trinajstić information content (AvgIpc) is 2.01. The molecule has 0 aliphatic heterocycles. The summed E-state index contributed by atoms with van der Waals surface area (Å²) in [6.45, 7) is 0. The zero-order valence-corrected chi connectivity index (χ0v) is 7.88. The predicted octanol–water partition coefficient (Wildman–Crippen LogP) is 3.25. The highest BCUT2D eigenvalue weighted by Crippen LogP contribution is 2.27. The summed E-state index contributed by atoms with van der Waals surface area (Å²) in [5.41, 5.74) is -0.378. The van der Waals surface area contributed by atoms with E-state index in [-0.39, 0.29) is 15.1 Å². The van der Waals surface area contributed by atoms with Crippen molar-refractivity contribution in [2.45, 2.75) is 0 Å². The first kappa shape index (κ1) is 9.43. The van der Waals surface area contributed by atoms with Crippen molar-refractivity contribution in [1.82, 2.24) is 0 Å². The number of hydrogen-bond acceptors (Lipinski definition) is 1. The molecule has 0 saturated carbocycles. The van der Waals surface area contributed by atoms with E-state index in [4.69, 9.17) is 16.9 Å². The molecule has 0 fully saturated rings. The summed E-state index contributed by atoms with van der Waals surface area (Å²) >= 11 is 8.17. The Morgan fingerprint density at radius 3 is 2.50 bits per heavy atom. The molecule has 1 nitrogen and oxygen atoms in total. The lowest BCUT2D eigenvalue weighted by Gasteiger charge is -1.99. The smallest absolute Gasteiger partial charge is 0.179 e. The first-order chi connectivity index (χ1) is 5.57. The van der Waals surface area contributed by atoms with Gasteiger partial charge in [-0.15, -0.1) is 0 Å². The number of hydrogen-bond donors (Lipinski definition) is 0. The molecule has 12 heavy (non-hydrogen) atoms. The fourth-order valence-electron chi connectivity index (χ4n) is 0.669. The first-order valence-electron chi connectivity index (χ1n) is 2.81. The van der Waals surface area contributed by atoms with Crippen LogP contribution in [0, 0.1) is 23.0 Å². The number of nitriles is 1. The molecule has 1 rings (SSSR count). The lowest BCUT2D eigenvalue weighted by molar-refractivity contribution is 0.506. The fourth-order valence-corrected chi connectivity index (χ4v) is 1.48. The molecule has 0 atom stereocenters. The maximum Gasteiger partial charge on any atom is 0.179 e. The largest absolute Gasteiger partial charge is 0.202 e. The third-order valence-corrected chi connectivity index (χ3v) is 2.13. The summed E-state index contributed by atoms with van der Waals surface area (Å²) in [5, 5.41) is 8.04. The molecule has 0 N–H and O–H groups in total. The zero-order valence-electron chi connectivity index (χ0n) is 5.54. The first-order valence-corrected chi connectivity index (χ1v) is 3.98. The van der Waals surface area contributed by atoms with Gasteiger partial charge in [-0.25, -0.2) is 8.78 Å². The van der Waals surface area contributed by atoms with Crippen LogP contribution in [0.1, 0.15) is 5.56 Å². The minimum absolute atomic E-state index is 0.147. The second-order valence-electron chi connectivity index (χ2n) is 1.95. The van der Waals surface area contributed by atoms with Gasteiger partial charge in [-0.05, 0) is 22.0 Å². The lowest BCUT2D eigenvalue weighted by atomic mass is 10.2. The Morgan fingerprint density at radius 1 is 1.42 bits per heavy atom. The molecule has 0 aliphatic rings. The second-order valence-corrected chi connectivity index (χ2v) is 3.22. The molecule has 5 heteroatoms. The molecule has 0 radical (unpaired) electrons. The van der Waals surface area contributed by atoms with E-state index >= 15 is 0 Å². The van der Waals surface area contributed by atoms with E-state index in [0.29, 0.717) is 0 Å². The van der Waals surface area contributed by atoms with Crippen LogP contribution in [0.25, 0.3) is 0 Å². The Balaban J connectivity index is 3.54. The lowest BCUT2D eigenvalue weighted by Crippen LogP contribution is -1.92. The topological polar surface area (TPSA) is 23.8 Å². The monoisotopic (exact) mass is 251 g/mol. The molecule has 0 saturated heterocycles. The molecule has 0 amide bonds. The van der Waals surface area contributed by atoms with E-state index in [1.54, 1.807) is 0 Å². The van der Waals surface area contributed by atoms with Crippen LogP contribution in [0.15, 0.2) is 10.5 Å². The summed E-state index contributed by atoms with van der Waals surface area (Å²) < 4.78 is 25.6. The van der Waals surface area contributed by atoms with Gasteiger partial charge in [0.1, 0.15) is 11.6 Å². The van der Waals surface area contributed by atoms with Crippen LogP contribution >= 0.6 is 27.5 Å². The molecular formula is C7HBrClF2N. The highest BCUT2D eigenvalue weighted by molar-refractivity contribution is 9.10. The van der Waals surface area contributed by atoms with Crippen molar-refractivity contribution in [3.63, 3.8) is 0 Å². The molecule has 0 spiro atoms. The molecule has 0 bridgehead atoms. The molecule has 62 valence electrons. The Labute approximate surface area is 80.7 Å². The summed E-state index contributed by atoms with van der Waals surface area (Å²) in [6.07, 6.45) is 0. The van der Waals surface area contributed by atoms with Gasteiger partial charge >= 0.3 is 0 Å². The predicted molar refractivity (Wildman–Crippen MR) is 43.8 cm³/mol. The van der Waals surface area contributed by atoms with Crippen molar-refractivity contribution in [2.75, 3.05) is 0 Å². The van der Waals surface area contributed by atoms with Gasteiger partial charge < -0.3 is 0 Å². The summed E-state index contributed by atoms with van der Waals surface area (Å²) in [4.78, 5) is 0. The molecule has 0 aromatic heterocycles. The van der Waals surface area contributed by atoms with Crippen LogP contribution in [-0.4, -0.2) is 0 Å². The standard InChI is InChI=1S/C7HBrClF2N/c8-4-1-5(9)7(11)6(10)3(4)2-12/h1H. The van der Waals surface area contributed by atoms with Gasteiger partial charge in [0.05, 0.1) is 5.02 Å². The Hall–Kier alpha value is -0.660. The molecule has 0 unspecified atom stereocenters. The van der Waals surface area contributed by atoms with Crippen LogP contribution in [0.4, 0.5) is 8.78 Å². The Morgan fingerprint density at radius 2 is 2.00 bits per heavy atom. The van der Waals surface area contributed by atoms with Gasteiger partial charge in [0.15, 0.2) is 11.6 Å². The molecular weight excluding hydrogens is 251 g/mol. The maximum absolute atomic E-state index is 12.8. The van der Waals surface area contributed by atoms with E-state index in [9.17, 15) is 8.78 Å². The van der Waals surface area contributed by atoms with Crippen molar-refractivity contribution < 1.29 is 8.78 Å². The van der Waals surface area contributed by atoms with Crippen LogP contribution in [-0.2, 0) is 0 Å². The number of benzene rings is 1. The minimum Gasteiger partial charge on any atom is -0.202 e. The van der Waals surface area contributed by atoms with E-state index in [0.717, 1.165) is 6.07 Å². The van der Waals surface area contributed by atoms with E-state index < -0.39 is 11.6 Å². The summed E-state index contributed by atoms with van der Waals surface area (Å²) in [6, 6.07) is 2.65. The number of halogens is 4. The van der Waals surface area contributed by atoms with Gasteiger partial charge in [0, 0.05) is 4.47 Å². The van der Waals surface area contributed by atoms with E-state index in [1.807, 2.05) is 0 Å². The molecule has 1 aromatic carbocycles. The van der Waals surface area contributed by atoms with Crippen molar-refractivity contribution in [2.24, 2.45) is 0 Å². The van der Waals surface area contributed by atoms with Gasteiger partial charge in [-0.3, -0.25) is 0 Å². The highest BCUT2D eigenvalue weighted by atomic mass is 79.9. The Bertz CT molecular complexity index is 373. The second kappa shape index (κ2) is 3.38. The maximum atomic E-state index is 12.8. The van der Waals surface area contributed by atoms with Crippen molar-refractivity contribution in [3.8, 4) is 6.07 Å². The molecule has 0 heterocycles. The normalized spacial score (nSPS) is 9.58. The van der Waals surface area contributed by atoms with Crippen LogP contribution in [0.2, 0.25) is 5.02 Å². The fraction of sp³-hybridized carbons (Fsp3) is 0. The third-order valence-electron chi connectivity index (χ3n) is 1.23. The minimum atomic E-state index is -1.23. The summed E-state index contributed by atoms with van der Waals surface area (Å²) in [5.74, 6) is -2.42. The SMILES string of the molecule is N#Cc1c(Br)cc(Cl)c(F)c1F.